The van der Waals surface area contributed by atoms with Crippen LogP contribution in [0.15, 0.2) is 40.5 Å². The van der Waals surface area contributed by atoms with Crippen LogP contribution < -0.4 is 18.9 Å². The Morgan fingerprint density at radius 3 is 2.12 bits per heavy atom. The van der Waals surface area contributed by atoms with E-state index in [1.807, 2.05) is 31.2 Å². The summed E-state index contributed by atoms with van der Waals surface area (Å²) in [6.45, 7) is 12.0. The number of fused-ring (bicyclic) bond motifs is 1. The van der Waals surface area contributed by atoms with Crippen molar-refractivity contribution < 1.29 is 18.9 Å². The molecule has 0 aliphatic carbocycles. The number of ether oxygens (including phenoxy) is 4. The van der Waals surface area contributed by atoms with Crippen LogP contribution in [-0.2, 0) is 0 Å². The van der Waals surface area contributed by atoms with Gasteiger partial charge in [-0.15, -0.1) is 5.10 Å². The van der Waals surface area contributed by atoms with E-state index in [4.69, 9.17) is 18.9 Å². The summed E-state index contributed by atoms with van der Waals surface area (Å²) >= 11 is 0. The van der Waals surface area contributed by atoms with Crippen LogP contribution in [0.25, 0.3) is 0 Å². The van der Waals surface area contributed by atoms with Gasteiger partial charge in [0.1, 0.15) is 12.3 Å². The first-order chi connectivity index (χ1) is 16.5. The molecular formula is C27H37N3O4. The minimum Gasteiger partial charge on any atom is -0.493 e. The molecule has 0 bridgehead atoms. The van der Waals surface area contributed by atoms with E-state index in [2.05, 4.69) is 41.9 Å². The van der Waals surface area contributed by atoms with Crippen molar-refractivity contribution in [1.29, 1.82) is 0 Å². The zero-order valence-electron chi connectivity index (χ0n) is 21.5. The molecule has 0 saturated heterocycles. The van der Waals surface area contributed by atoms with E-state index in [1.54, 1.807) is 21.3 Å². The van der Waals surface area contributed by atoms with Crippen LogP contribution in [0, 0.1) is 0 Å². The monoisotopic (exact) mass is 467 g/mol. The topological polar surface area (TPSA) is 64.9 Å². The van der Waals surface area contributed by atoms with Crippen LogP contribution in [0.5, 0.6) is 23.0 Å². The normalized spacial score (nSPS) is 15.2. The molecule has 0 amide bonds. The van der Waals surface area contributed by atoms with Gasteiger partial charge < -0.3 is 23.8 Å². The molecule has 1 atom stereocenters. The molecule has 1 unspecified atom stereocenters. The predicted octanol–water partition coefficient (Wildman–Crippen LogP) is 5.15. The maximum atomic E-state index is 6.22. The van der Waals surface area contributed by atoms with Gasteiger partial charge in [-0.25, -0.2) is 0 Å². The molecule has 1 heterocycles. The van der Waals surface area contributed by atoms with E-state index in [9.17, 15) is 0 Å². The fourth-order valence-electron chi connectivity index (χ4n) is 4.36. The summed E-state index contributed by atoms with van der Waals surface area (Å²) < 4.78 is 22.9. The largest absolute Gasteiger partial charge is 0.493 e. The molecule has 0 spiro atoms. The van der Waals surface area contributed by atoms with Crippen LogP contribution in [-0.4, -0.2) is 63.9 Å². The van der Waals surface area contributed by atoms with Crippen molar-refractivity contribution in [3.8, 4) is 23.0 Å². The van der Waals surface area contributed by atoms with E-state index < -0.39 is 0 Å². The Labute approximate surface area is 203 Å². The van der Waals surface area contributed by atoms with E-state index in [1.165, 1.54) is 0 Å². The van der Waals surface area contributed by atoms with Gasteiger partial charge in [0.15, 0.2) is 23.0 Å². The molecule has 7 heteroatoms. The zero-order valence-corrected chi connectivity index (χ0v) is 21.5. The van der Waals surface area contributed by atoms with Gasteiger partial charge in [0.05, 0.1) is 21.3 Å². The standard InChI is InChI=1S/C27H37N3O4/c1-8-20-18(4)28-29-27(19-11-12-23(31-5)24(15-19)32-6)22-17-25(33-7)26(16-21(20)22)34-14-13-30(9-2)10-3/h11-12,15-17,20H,8-10,13-14H2,1-7H3. The predicted molar refractivity (Wildman–Crippen MR) is 138 cm³/mol. The van der Waals surface area contributed by atoms with E-state index in [-0.39, 0.29) is 5.92 Å². The average molecular weight is 468 g/mol. The first kappa shape index (κ1) is 25.6. The van der Waals surface area contributed by atoms with Crippen LogP contribution in [0.4, 0.5) is 0 Å². The van der Waals surface area contributed by atoms with Crippen LogP contribution in [0.2, 0.25) is 0 Å². The highest BCUT2D eigenvalue weighted by Crippen LogP contribution is 2.39. The molecule has 34 heavy (non-hydrogen) atoms. The Morgan fingerprint density at radius 2 is 1.50 bits per heavy atom. The molecule has 3 rings (SSSR count). The second-order valence-electron chi connectivity index (χ2n) is 8.19. The summed E-state index contributed by atoms with van der Waals surface area (Å²) in [7, 11) is 4.93. The lowest BCUT2D eigenvalue weighted by atomic mass is 9.85. The van der Waals surface area contributed by atoms with Crippen molar-refractivity contribution in [2.75, 3.05) is 47.6 Å². The first-order valence-corrected chi connectivity index (χ1v) is 11.9. The molecule has 2 aromatic carbocycles. The van der Waals surface area contributed by atoms with Gasteiger partial charge in [0.25, 0.3) is 0 Å². The van der Waals surface area contributed by atoms with Gasteiger partial charge >= 0.3 is 0 Å². The summed E-state index contributed by atoms with van der Waals surface area (Å²) in [4.78, 5) is 2.34. The molecule has 0 radical (unpaired) electrons. The number of benzene rings is 2. The zero-order chi connectivity index (χ0) is 24.7. The van der Waals surface area contributed by atoms with E-state index in [0.29, 0.717) is 23.9 Å². The molecule has 0 N–H and O–H groups in total. The molecule has 7 nitrogen and oxygen atoms in total. The second kappa shape index (κ2) is 11.9. The highest BCUT2D eigenvalue weighted by Gasteiger charge is 2.26. The van der Waals surface area contributed by atoms with Gasteiger partial charge in [-0.05, 0) is 62.3 Å². The summed E-state index contributed by atoms with van der Waals surface area (Å²) in [6.07, 6.45) is 0.905. The lowest BCUT2D eigenvalue weighted by Gasteiger charge is -2.22. The third kappa shape index (κ3) is 5.36. The van der Waals surface area contributed by atoms with Crippen LogP contribution in [0.3, 0.4) is 0 Å². The fourth-order valence-corrected chi connectivity index (χ4v) is 4.36. The summed E-state index contributed by atoms with van der Waals surface area (Å²) in [5.41, 5.74) is 4.74. The number of methoxy groups -OCH3 is 3. The molecule has 1 aliphatic heterocycles. The minimum atomic E-state index is 0.132. The Hall–Kier alpha value is -3.06. The number of hydrogen-bond acceptors (Lipinski definition) is 7. The van der Waals surface area contributed by atoms with Crippen molar-refractivity contribution >= 4 is 11.4 Å². The SMILES string of the molecule is CCC1C(C)=NN=C(c2ccc(OC)c(OC)c2)c2cc(OC)c(OCCN(CC)CC)cc21. The molecule has 0 saturated carbocycles. The maximum Gasteiger partial charge on any atom is 0.161 e. The maximum absolute atomic E-state index is 6.22. The Balaban J connectivity index is 2.08. The van der Waals surface area contributed by atoms with Crippen molar-refractivity contribution in [3.05, 3.63) is 47.0 Å². The molecule has 184 valence electrons. The van der Waals surface area contributed by atoms with Crippen LogP contribution in [0.1, 0.15) is 56.7 Å². The third-order valence-corrected chi connectivity index (χ3v) is 6.40. The number of likely N-dealkylation sites (N-methyl/N-ethyl adjacent to an activating group) is 1. The highest BCUT2D eigenvalue weighted by atomic mass is 16.5. The molecule has 1 aliphatic rings. The summed E-state index contributed by atoms with van der Waals surface area (Å²) in [5, 5.41) is 9.25. The number of hydrogen-bond donors (Lipinski definition) is 0. The Bertz CT molecular complexity index is 1040. The van der Waals surface area contributed by atoms with E-state index in [0.717, 1.165) is 59.9 Å². The fraction of sp³-hybridized carbons (Fsp3) is 0.481. The Morgan fingerprint density at radius 1 is 0.824 bits per heavy atom. The lowest BCUT2D eigenvalue weighted by Crippen LogP contribution is -2.28. The Kier molecular flexibility index (Phi) is 8.93. The first-order valence-electron chi connectivity index (χ1n) is 11.9. The van der Waals surface area contributed by atoms with Gasteiger partial charge in [-0.3, -0.25) is 0 Å². The molecule has 2 aromatic rings. The van der Waals surface area contributed by atoms with Gasteiger partial charge in [0, 0.05) is 29.3 Å². The van der Waals surface area contributed by atoms with Gasteiger partial charge in [0.2, 0.25) is 0 Å². The van der Waals surface area contributed by atoms with Crippen LogP contribution >= 0.6 is 0 Å². The second-order valence-corrected chi connectivity index (χ2v) is 8.19. The third-order valence-electron chi connectivity index (χ3n) is 6.40. The van der Waals surface area contributed by atoms with Crippen molar-refractivity contribution in [2.24, 2.45) is 10.2 Å². The van der Waals surface area contributed by atoms with Crippen molar-refractivity contribution in [3.63, 3.8) is 0 Å². The summed E-state index contributed by atoms with van der Waals surface area (Å²) in [5.74, 6) is 2.87. The van der Waals surface area contributed by atoms with Gasteiger partial charge in [-0.2, -0.15) is 5.10 Å². The summed E-state index contributed by atoms with van der Waals surface area (Å²) in [6, 6.07) is 9.91. The lowest BCUT2D eigenvalue weighted by molar-refractivity contribution is 0.217. The quantitative estimate of drug-likeness (QED) is 0.457. The molecule has 0 fully saturated rings. The average Bonchev–Trinajstić information content (AvgIpc) is 3.00. The number of nitrogens with zero attached hydrogens (tertiary/aromatic N) is 3. The number of rotatable bonds is 11. The smallest absolute Gasteiger partial charge is 0.161 e. The van der Waals surface area contributed by atoms with E-state index >= 15 is 0 Å². The highest BCUT2D eigenvalue weighted by molar-refractivity contribution is 6.16. The van der Waals surface area contributed by atoms with Crippen molar-refractivity contribution in [2.45, 2.75) is 40.0 Å². The minimum absolute atomic E-state index is 0.132. The molecular weight excluding hydrogens is 430 g/mol. The van der Waals surface area contributed by atoms with Crippen molar-refractivity contribution in [1.82, 2.24) is 4.90 Å². The van der Waals surface area contributed by atoms with Gasteiger partial charge in [-0.1, -0.05) is 20.8 Å². The molecule has 0 aromatic heterocycles.